The molecular formula is C25H37NO6. The molecule has 0 spiro atoms. The number of carbonyl (C=O) groups is 2. The number of esters is 2. The maximum Gasteiger partial charge on any atom is 0.337 e. The van der Waals surface area contributed by atoms with Crippen LogP contribution in [-0.2, 0) is 23.8 Å². The standard InChI is InChI=1S/C25H37NO6/c1-6-7-8-12-15-19(23(28)30-4)20(27)16-25(24(29)31-5)21(17(2)3)32-22(26-25)18-13-10-9-11-14-18/h9-11,13-14,17,19-21,27H,6-8,12,15-16H2,1-5H3/t19?,20?,21-,25+/m0/s1. The number of benzene rings is 1. The SMILES string of the molecule is CCCCCCC(C(=O)OC)C(O)C[C@@]1(C(=O)OC)N=C(c2ccccc2)O[C@H]1C(C)C. The second kappa shape index (κ2) is 12.0. The maximum absolute atomic E-state index is 13.1. The average molecular weight is 448 g/mol. The molecule has 1 N–H and O–H groups in total. The van der Waals surface area contributed by atoms with Gasteiger partial charge >= 0.3 is 11.9 Å². The molecule has 0 aliphatic carbocycles. The van der Waals surface area contributed by atoms with E-state index < -0.39 is 35.6 Å². The monoisotopic (exact) mass is 447 g/mol. The highest BCUT2D eigenvalue weighted by Gasteiger charge is 2.56. The summed E-state index contributed by atoms with van der Waals surface area (Å²) in [5.74, 6) is -1.58. The number of hydrogen-bond donors (Lipinski definition) is 1. The number of aliphatic hydroxyl groups is 1. The van der Waals surface area contributed by atoms with Crippen molar-refractivity contribution in [2.75, 3.05) is 14.2 Å². The summed E-state index contributed by atoms with van der Waals surface area (Å²) < 4.78 is 16.2. The number of methoxy groups -OCH3 is 2. The summed E-state index contributed by atoms with van der Waals surface area (Å²) in [6.07, 6.45) is 2.50. The summed E-state index contributed by atoms with van der Waals surface area (Å²) in [4.78, 5) is 30.2. The lowest BCUT2D eigenvalue weighted by Gasteiger charge is -2.34. The first-order valence-corrected chi connectivity index (χ1v) is 11.5. The number of unbranched alkanes of at least 4 members (excludes halogenated alkanes) is 3. The largest absolute Gasteiger partial charge is 0.471 e. The van der Waals surface area contributed by atoms with E-state index in [-0.39, 0.29) is 12.3 Å². The zero-order valence-electron chi connectivity index (χ0n) is 19.9. The van der Waals surface area contributed by atoms with Crippen molar-refractivity contribution in [3.63, 3.8) is 0 Å². The first-order valence-electron chi connectivity index (χ1n) is 11.5. The summed E-state index contributed by atoms with van der Waals surface area (Å²) in [6.45, 7) is 5.97. The highest BCUT2D eigenvalue weighted by atomic mass is 16.5. The van der Waals surface area contributed by atoms with Crippen LogP contribution < -0.4 is 0 Å². The van der Waals surface area contributed by atoms with Crippen LogP contribution in [0.3, 0.4) is 0 Å². The molecule has 7 heteroatoms. The topological polar surface area (TPSA) is 94.4 Å². The van der Waals surface area contributed by atoms with Crippen LogP contribution in [0.1, 0.15) is 64.9 Å². The predicted molar refractivity (Wildman–Crippen MR) is 122 cm³/mol. The van der Waals surface area contributed by atoms with Crippen LogP contribution in [0.15, 0.2) is 35.3 Å². The molecule has 0 aromatic heterocycles. The second-order valence-electron chi connectivity index (χ2n) is 8.73. The van der Waals surface area contributed by atoms with Gasteiger partial charge in [0.25, 0.3) is 0 Å². The van der Waals surface area contributed by atoms with Gasteiger partial charge in [0.1, 0.15) is 6.10 Å². The van der Waals surface area contributed by atoms with Crippen molar-refractivity contribution in [3.8, 4) is 0 Å². The number of nitrogens with zero attached hydrogens (tertiary/aromatic N) is 1. The quantitative estimate of drug-likeness (QED) is 0.386. The van der Waals surface area contributed by atoms with E-state index in [9.17, 15) is 14.7 Å². The zero-order chi connectivity index (χ0) is 23.7. The third kappa shape index (κ3) is 5.88. The van der Waals surface area contributed by atoms with Crippen molar-refractivity contribution in [1.82, 2.24) is 0 Å². The number of aliphatic imine (C=N–C) groups is 1. The lowest BCUT2D eigenvalue weighted by molar-refractivity contribution is -0.157. The van der Waals surface area contributed by atoms with Gasteiger partial charge in [0, 0.05) is 12.0 Å². The van der Waals surface area contributed by atoms with E-state index in [1.54, 1.807) is 0 Å². The fourth-order valence-corrected chi connectivity index (χ4v) is 4.34. The second-order valence-corrected chi connectivity index (χ2v) is 8.73. The molecule has 0 saturated carbocycles. The third-order valence-electron chi connectivity index (χ3n) is 6.03. The Bertz CT molecular complexity index is 778. The van der Waals surface area contributed by atoms with E-state index in [4.69, 9.17) is 14.2 Å². The highest BCUT2D eigenvalue weighted by molar-refractivity contribution is 5.99. The van der Waals surface area contributed by atoms with Crippen LogP contribution in [0.25, 0.3) is 0 Å². The fourth-order valence-electron chi connectivity index (χ4n) is 4.34. The minimum Gasteiger partial charge on any atom is -0.471 e. The van der Waals surface area contributed by atoms with Crippen molar-refractivity contribution in [1.29, 1.82) is 0 Å². The first kappa shape index (κ1) is 25.8. The smallest absolute Gasteiger partial charge is 0.337 e. The molecule has 1 aromatic carbocycles. The molecule has 2 unspecified atom stereocenters. The molecule has 0 fully saturated rings. The molecule has 1 aliphatic heterocycles. The van der Waals surface area contributed by atoms with Crippen LogP contribution >= 0.6 is 0 Å². The van der Waals surface area contributed by atoms with Gasteiger partial charge < -0.3 is 19.3 Å². The van der Waals surface area contributed by atoms with Gasteiger partial charge in [-0.15, -0.1) is 0 Å². The Kier molecular flexibility index (Phi) is 9.69. The summed E-state index contributed by atoms with van der Waals surface area (Å²) >= 11 is 0. The van der Waals surface area contributed by atoms with Crippen molar-refractivity contribution >= 4 is 17.8 Å². The minimum atomic E-state index is -1.46. The molecule has 1 aliphatic rings. The summed E-state index contributed by atoms with van der Waals surface area (Å²) in [5, 5.41) is 11.2. The van der Waals surface area contributed by atoms with Crippen LogP contribution in [0, 0.1) is 11.8 Å². The van der Waals surface area contributed by atoms with Crippen LogP contribution in [-0.4, -0.2) is 54.9 Å². The molecule has 178 valence electrons. The number of carbonyl (C=O) groups excluding carboxylic acids is 2. The molecular weight excluding hydrogens is 410 g/mol. The molecule has 7 nitrogen and oxygen atoms in total. The Hall–Kier alpha value is -2.41. The van der Waals surface area contributed by atoms with Gasteiger partial charge in [0.15, 0.2) is 0 Å². The van der Waals surface area contributed by atoms with Gasteiger partial charge in [0.2, 0.25) is 11.4 Å². The Balaban J connectivity index is 2.39. The normalized spacial score (nSPS) is 22.1. The lowest BCUT2D eigenvalue weighted by atomic mass is 9.78. The van der Waals surface area contributed by atoms with E-state index in [0.717, 1.165) is 31.2 Å². The third-order valence-corrected chi connectivity index (χ3v) is 6.03. The van der Waals surface area contributed by atoms with E-state index in [1.165, 1.54) is 14.2 Å². The lowest BCUT2D eigenvalue weighted by Crippen LogP contribution is -2.52. The number of hydrogen-bond acceptors (Lipinski definition) is 7. The van der Waals surface area contributed by atoms with E-state index in [0.29, 0.717) is 12.3 Å². The fraction of sp³-hybridized carbons (Fsp3) is 0.640. The molecule has 1 aromatic rings. The predicted octanol–water partition coefficient (Wildman–Crippen LogP) is 3.91. The Morgan fingerprint density at radius 3 is 2.38 bits per heavy atom. The molecule has 0 saturated heterocycles. The van der Waals surface area contributed by atoms with E-state index >= 15 is 0 Å². The Labute approximate surface area is 191 Å². The Morgan fingerprint density at radius 2 is 1.81 bits per heavy atom. The molecule has 4 atom stereocenters. The van der Waals surface area contributed by atoms with Gasteiger partial charge in [-0.05, 0) is 24.5 Å². The maximum atomic E-state index is 13.1. The van der Waals surface area contributed by atoms with Gasteiger partial charge in [-0.25, -0.2) is 9.79 Å². The van der Waals surface area contributed by atoms with Crippen molar-refractivity contribution < 1.29 is 28.9 Å². The first-order chi connectivity index (χ1) is 15.3. The van der Waals surface area contributed by atoms with Gasteiger partial charge in [-0.3, -0.25) is 4.79 Å². The van der Waals surface area contributed by atoms with Crippen molar-refractivity contribution in [2.45, 2.75) is 77.0 Å². The van der Waals surface area contributed by atoms with Crippen molar-refractivity contribution in [3.05, 3.63) is 35.9 Å². The number of aliphatic hydroxyl groups excluding tert-OH is 1. The van der Waals surface area contributed by atoms with Gasteiger partial charge in [-0.1, -0.05) is 64.7 Å². The minimum absolute atomic E-state index is 0.0904. The number of ether oxygens (including phenoxy) is 3. The van der Waals surface area contributed by atoms with Crippen molar-refractivity contribution in [2.24, 2.45) is 16.8 Å². The summed E-state index contributed by atoms with van der Waals surface area (Å²) in [5.41, 5.74) is -0.717. The highest BCUT2D eigenvalue weighted by Crippen LogP contribution is 2.39. The summed E-state index contributed by atoms with van der Waals surface area (Å²) in [7, 11) is 2.61. The van der Waals surface area contributed by atoms with E-state index in [1.807, 2.05) is 44.2 Å². The van der Waals surface area contributed by atoms with Gasteiger partial charge in [0.05, 0.1) is 26.2 Å². The molecule has 32 heavy (non-hydrogen) atoms. The van der Waals surface area contributed by atoms with Gasteiger partial charge in [-0.2, -0.15) is 0 Å². The zero-order valence-corrected chi connectivity index (χ0v) is 19.9. The number of rotatable bonds is 12. The molecule has 0 amide bonds. The van der Waals surface area contributed by atoms with Crippen LogP contribution in [0.4, 0.5) is 0 Å². The van der Waals surface area contributed by atoms with E-state index in [2.05, 4.69) is 11.9 Å². The van der Waals surface area contributed by atoms with Crippen LogP contribution in [0.2, 0.25) is 0 Å². The molecule has 0 bridgehead atoms. The van der Waals surface area contributed by atoms with Crippen LogP contribution in [0.5, 0.6) is 0 Å². The summed E-state index contributed by atoms with van der Waals surface area (Å²) in [6, 6.07) is 9.32. The molecule has 0 radical (unpaired) electrons. The molecule has 1 heterocycles. The molecule has 2 rings (SSSR count). The average Bonchev–Trinajstić information content (AvgIpc) is 3.19. The Morgan fingerprint density at radius 1 is 1.12 bits per heavy atom.